The maximum atomic E-state index is 11.0. The van der Waals surface area contributed by atoms with E-state index in [1.165, 1.54) is 6.08 Å². The van der Waals surface area contributed by atoms with Crippen LogP contribution in [0.25, 0.3) is 16.7 Å². The van der Waals surface area contributed by atoms with E-state index < -0.39 is 5.97 Å². The normalized spacial score (nSPS) is 11.5. The number of benzene rings is 1. The number of carbonyl (C=O) groups is 1. The average Bonchev–Trinajstić information content (AvgIpc) is 2.77. The number of carboxylic acid groups (broad SMARTS) is 1. The molecule has 0 spiro atoms. The molecule has 0 atom stereocenters. The van der Waals surface area contributed by atoms with Gasteiger partial charge in [0, 0.05) is 29.9 Å². The number of aromatic nitrogens is 2. The molecule has 0 bridgehead atoms. The van der Waals surface area contributed by atoms with E-state index in [2.05, 4.69) is 5.10 Å². The van der Waals surface area contributed by atoms with Crippen molar-refractivity contribution >= 4 is 11.5 Å². The number of carboxylic acids is 1. The number of aliphatic carboxylic acids is 1. The lowest BCUT2D eigenvalue weighted by atomic mass is 9.96. The van der Waals surface area contributed by atoms with Gasteiger partial charge < -0.3 is 14.6 Å². The second kappa shape index (κ2) is 6.78. The molecule has 0 unspecified atom stereocenters. The SMILES string of the molecule is COc1cc(/C(C)=C/C(=O)O)cc(-c2c(C)nn(C)c2C)c1OC. The third-order valence-electron chi connectivity index (χ3n) is 4.05. The van der Waals surface area contributed by atoms with Gasteiger partial charge in [0.2, 0.25) is 0 Å². The van der Waals surface area contributed by atoms with Gasteiger partial charge in [0.15, 0.2) is 11.5 Å². The molecule has 24 heavy (non-hydrogen) atoms. The average molecular weight is 330 g/mol. The summed E-state index contributed by atoms with van der Waals surface area (Å²) >= 11 is 0. The first-order valence-electron chi connectivity index (χ1n) is 7.48. The lowest BCUT2D eigenvalue weighted by molar-refractivity contribution is -0.131. The minimum Gasteiger partial charge on any atom is -0.493 e. The number of aryl methyl sites for hydroxylation is 2. The summed E-state index contributed by atoms with van der Waals surface area (Å²) in [5.41, 5.74) is 5.03. The molecule has 1 heterocycles. The summed E-state index contributed by atoms with van der Waals surface area (Å²) < 4.78 is 12.8. The summed E-state index contributed by atoms with van der Waals surface area (Å²) in [6.45, 7) is 5.66. The monoisotopic (exact) mass is 330 g/mol. The largest absolute Gasteiger partial charge is 0.493 e. The number of methoxy groups -OCH3 is 2. The third kappa shape index (κ3) is 3.13. The molecule has 0 aliphatic heterocycles. The molecule has 0 fully saturated rings. The van der Waals surface area contributed by atoms with E-state index in [9.17, 15) is 4.79 Å². The van der Waals surface area contributed by atoms with E-state index in [0.717, 1.165) is 28.1 Å². The van der Waals surface area contributed by atoms with Gasteiger partial charge in [-0.25, -0.2) is 4.79 Å². The third-order valence-corrected chi connectivity index (χ3v) is 4.05. The molecule has 0 aliphatic carbocycles. The highest BCUT2D eigenvalue weighted by atomic mass is 16.5. The highest BCUT2D eigenvalue weighted by Crippen LogP contribution is 2.42. The predicted octanol–water partition coefficient (Wildman–Crippen LogP) is 3.21. The standard InChI is InChI=1S/C18H22N2O4/c1-10(7-16(21)22)13-8-14(18(24-6)15(9-13)23-5)17-11(2)19-20(4)12(17)3/h7-9H,1-6H3,(H,21,22)/b10-7+. The van der Waals surface area contributed by atoms with Gasteiger partial charge in [0.25, 0.3) is 0 Å². The Kier molecular flexibility index (Phi) is 4.97. The van der Waals surface area contributed by atoms with Crippen LogP contribution in [0.15, 0.2) is 18.2 Å². The first-order chi connectivity index (χ1) is 11.3. The quantitative estimate of drug-likeness (QED) is 0.852. The van der Waals surface area contributed by atoms with Crippen molar-refractivity contribution in [2.45, 2.75) is 20.8 Å². The lowest BCUT2D eigenvalue weighted by Crippen LogP contribution is -1.98. The predicted molar refractivity (Wildman–Crippen MR) is 92.5 cm³/mol. The molecule has 2 rings (SSSR count). The molecular weight excluding hydrogens is 308 g/mol. The van der Waals surface area contributed by atoms with Gasteiger partial charge in [0.05, 0.1) is 19.9 Å². The van der Waals surface area contributed by atoms with Crippen LogP contribution in [0.1, 0.15) is 23.9 Å². The molecule has 0 aliphatic rings. The van der Waals surface area contributed by atoms with Crippen LogP contribution in [0.4, 0.5) is 0 Å². The van der Waals surface area contributed by atoms with E-state index in [-0.39, 0.29) is 0 Å². The highest BCUT2D eigenvalue weighted by Gasteiger charge is 2.20. The zero-order valence-electron chi connectivity index (χ0n) is 14.8. The van der Waals surface area contributed by atoms with Gasteiger partial charge in [-0.3, -0.25) is 4.68 Å². The molecule has 1 N–H and O–H groups in total. The molecule has 2 aromatic rings. The zero-order valence-corrected chi connectivity index (χ0v) is 14.8. The molecule has 128 valence electrons. The van der Waals surface area contributed by atoms with E-state index in [4.69, 9.17) is 14.6 Å². The minimum absolute atomic E-state index is 0.547. The van der Waals surface area contributed by atoms with Crippen LogP contribution >= 0.6 is 0 Å². The molecule has 1 aromatic carbocycles. The first-order valence-corrected chi connectivity index (χ1v) is 7.48. The highest BCUT2D eigenvalue weighted by molar-refractivity contribution is 5.91. The number of allylic oxidation sites excluding steroid dienone is 1. The summed E-state index contributed by atoms with van der Waals surface area (Å²) in [7, 11) is 5.03. The Morgan fingerprint density at radius 3 is 2.38 bits per heavy atom. The van der Waals surface area contributed by atoms with Crippen LogP contribution in [-0.2, 0) is 11.8 Å². The van der Waals surface area contributed by atoms with Crippen molar-refractivity contribution in [2.24, 2.45) is 7.05 Å². The topological polar surface area (TPSA) is 73.6 Å². The molecule has 0 saturated carbocycles. The van der Waals surface area contributed by atoms with Gasteiger partial charge in [-0.15, -0.1) is 0 Å². The summed E-state index contributed by atoms with van der Waals surface area (Å²) in [5, 5.41) is 13.5. The molecule has 0 amide bonds. The smallest absolute Gasteiger partial charge is 0.328 e. The van der Waals surface area contributed by atoms with Gasteiger partial charge in [-0.2, -0.15) is 5.10 Å². The maximum Gasteiger partial charge on any atom is 0.328 e. The van der Waals surface area contributed by atoms with Crippen molar-refractivity contribution in [3.05, 3.63) is 35.2 Å². The fourth-order valence-electron chi connectivity index (χ4n) is 2.81. The number of ether oxygens (including phenoxy) is 2. The number of rotatable bonds is 5. The van der Waals surface area contributed by atoms with Gasteiger partial charge in [-0.1, -0.05) is 0 Å². The van der Waals surface area contributed by atoms with Crippen LogP contribution in [0.5, 0.6) is 11.5 Å². The summed E-state index contributed by atoms with van der Waals surface area (Å²) in [6.07, 6.45) is 1.17. The van der Waals surface area contributed by atoms with Crippen molar-refractivity contribution in [2.75, 3.05) is 14.2 Å². The van der Waals surface area contributed by atoms with Crippen molar-refractivity contribution < 1.29 is 19.4 Å². The van der Waals surface area contributed by atoms with Crippen LogP contribution in [0.3, 0.4) is 0 Å². The molecule has 6 nitrogen and oxygen atoms in total. The van der Waals surface area contributed by atoms with Crippen LogP contribution in [-0.4, -0.2) is 35.1 Å². The van der Waals surface area contributed by atoms with Gasteiger partial charge in [-0.05, 0) is 44.0 Å². The van der Waals surface area contributed by atoms with Gasteiger partial charge in [0.1, 0.15) is 0 Å². The van der Waals surface area contributed by atoms with Crippen molar-refractivity contribution in [1.29, 1.82) is 0 Å². The maximum absolute atomic E-state index is 11.0. The molecule has 0 radical (unpaired) electrons. The van der Waals surface area contributed by atoms with Crippen molar-refractivity contribution in [3.63, 3.8) is 0 Å². The summed E-state index contributed by atoms with van der Waals surface area (Å²) in [5.74, 6) is 0.159. The number of hydrogen-bond acceptors (Lipinski definition) is 4. The molecule has 6 heteroatoms. The Morgan fingerprint density at radius 1 is 1.25 bits per heavy atom. The summed E-state index contributed by atoms with van der Waals surface area (Å²) in [4.78, 5) is 11.0. The molecule has 1 aromatic heterocycles. The van der Waals surface area contributed by atoms with E-state index in [1.54, 1.807) is 27.2 Å². The van der Waals surface area contributed by atoms with Crippen molar-refractivity contribution in [3.8, 4) is 22.6 Å². The molecular formula is C18H22N2O4. The first kappa shape index (κ1) is 17.6. The van der Waals surface area contributed by atoms with E-state index >= 15 is 0 Å². The second-order valence-electron chi connectivity index (χ2n) is 5.59. The van der Waals surface area contributed by atoms with E-state index in [0.29, 0.717) is 17.1 Å². The summed E-state index contributed by atoms with van der Waals surface area (Å²) in [6, 6.07) is 3.69. The minimum atomic E-state index is -0.988. The molecule has 0 saturated heterocycles. The van der Waals surface area contributed by atoms with Gasteiger partial charge >= 0.3 is 5.97 Å². The zero-order chi connectivity index (χ0) is 18.0. The number of hydrogen-bond donors (Lipinski definition) is 1. The Morgan fingerprint density at radius 2 is 1.92 bits per heavy atom. The Hall–Kier alpha value is -2.76. The Balaban J connectivity index is 2.80. The van der Waals surface area contributed by atoms with Crippen LogP contribution in [0.2, 0.25) is 0 Å². The van der Waals surface area contributed by atoms with E-state index in [1.807, 2.05) is 31.6 Å². The lowest BCUT2D eigenvalue weighted by Gasteiger charge is -2.16. The van der Waals surface area contributed by atoms with Crippen LogP contribution < -0.4 is 9.47 Å². The fourth-order valence-corrected chi connectivity index (χ4v) is 2.81. The number of nitrogens with zero attached hydrogens (tertiary/aromatic N) is 2. The second-order valence-corrected chi connectivity index (χ2v) is 5.59. The Labute approximate surface area is 141 Å². The Bertz CT molecular complexity index is 819. The fraction of sp³-hybridized carbons (Fsp3) is 0.333. The van der Waals surface area contributed by atoms with Crippen LogP contribution in [0, 0.1) is 13.8 Å². The van der Waals surface area contributed by atoms with Crippen molar-refractivity contribution in [1.82, 2.24) is 9.78 Å².